The number of benzene rings is 2. The van der Waals surface area contributed by atoms with Gasteiger partial charge in [0.15, 0.2) is 0 Å². The molecule has 0 radical (unpaired) electrons. The number of hydrogen-bond acceptors (Lipinski definition) is 2. The van der Waals surface area contributed by atoms with Crippen LogP contribution in [0.4, 0.5) is 10.1 Å². The summed E-state index contributed by atoms with van der Waals surface area (Å²) in [5.41, 5.74) is 7.18. The Morgan fingerprint density at radius 2 is 1.78 bits per heavy atom. The molecule has 2 N–H and O–H groups in total. The van der Waals surface area contributed by atoms with Crippen molar-refractivity contribution in [2.45, 2.75) is 19.8 Å². The molecule has 3 heteroatoms. The second-order valence-electron chi connectivity index (χ2n) is 4.22. The molecule has 0 heterocycles. The summed E-state index contributed by atoms with van der Waals surface area (Å²) < 4.78 is 18.7. The highest BCUT2D eigenvalue weighted by atomic mass is 19.1. The summed E-state index contributed by atoms with van der Waals surface area (Å²) in [6.07, 6.45) is 2.16. The zero-order valence-corrected chi connectivity index (χ0v) is 10.3. The maximum absolute atomic E-state index is 13.1. The predicted octanol–water partition coefficient (Wildman–Crippen LogP) is 4.15. The van der Waals surface area contributed by atoms with Crippen molar-refractivity contribution in [2.24, 2.45) is 0 Å². The average molecular weight is 245 g/mol. The molecule has 0 fully saturated rings. The fourth-order valence-corrected chi connectivity index (χ4v) is 1.79. The van der Waals surface area contributed by atoms with Crippen molar-refractivity contribution in [3.05, 3.63) is 53.8 Å². The number of nitrogen functional groups attached to an aromatic ring is 1. The summed E-state index contributed by atoms with van der Waals surface area (Å²) >= 11 is 0. The Hall–Kier alpha value is -2.03. The minimum absolute atomic E-state index is 0.354. The molecule has 94 valence electrons. The molecular weight excluding hydrogens is 229 g/mol. The van der Waals surface area contributed by atoms with Gasteiger partial charge in [-0.2, -0.15) is 0 Å². The first-order valence-corrected chi connectivity index (χ1v) is 6.00. The maximum Gasteiger partial charge on any atom is 0.132 e. The van der Waals surface area contributed by atoms with Gasteiger partial charge in [-0.15, -0.1) is 0 Å². The van der Waals surface area contributed by atoms with E-state index in [1.54, 1.807) is 6.07 Å². The molecule has 0 aliphatic carbocycles. The Labute approximate surface area is 106 Å². The zero-order valence-electron chi connectivity index (χ0n) is 10.3. The molecule has 0 aliphatic rings. The quantitative estimate of drug-likeness (QED) is 0.821. The van der Waals surface area contributed by atoms with Crippen molar-refractivity contribution in [1.82, 2.24) is 0 Å². The lowest BCUT2D eigenvalue weighted by Crippen LogP contribution is -1.90. The van der Waals surface area contributed by atoms with Crippen LogP contribution in [0.2, 0.25) is 0 Å². The number of hydrogen-bond donors (Lipinski definition) is 1. The van der Waals surface area contributed by atoms with Gasteiger partial charge in [0.05, 0.1) is 0 Å². The van der Waals surface area contributed by atoms with Gasteiger partial charge in [0.25, 0.3) is 0 Å². The monoisotopic (exact) mass is 245 g/mol. The molecule has 0 aliphatic heterocycles. The Bertz CT molecular complexity index is 502. The van der Waals surface area contributed by atoms with E-state index >= 15 is 0 Å². The highest BCUT2D eigenvalue weighted by Crippen LogP contribution is 2.24. The number of nitrogens with two attached hydrogens (primary N) is 1. The Morgan fingerprint density at radius 1 is 1.06 bits per heavy atom. The van der Waals surface area contributed by atoms with Crippen molar-refractivity contribution in [3.63, 3.8) is 0 Å². The van der Waals surface area contributed by atoms with E-state index in [2.05, 4.69) is 6.92 Å². The minimum Gasteiger partial charge on any atom is -0.457 e. The lowest BCUT2D eigenvalue weighted by molar-refractivity contribution is 0.477. The maximum atomic E-state index is 13.1. The largest absolute Gasteiger partial charge is 0.457 e. The van der Waals surface area contributed by atoms with Crippen molar-refractivity contribution >= 4 is 5.69 Å². The number of ether oxygens (including phenoxy) is 1. The average Bonchev–Trinajstić information content (AvgIpc) is 2.31. The number of halogens is 1. The van der Waals surface area contributed by atoms with E-state index in [4.69, 9.17) is 10.5 Å². The molecule has 0 spiro atoms. The third kappa shape index (κ3) is 3.23. The van der Waals surface area contributed by atoms with Crippen LogP contribution in [0, 0.1) is 5.82 Å². The second kappa shape index (κ2) is 5.54. The first-order chi connectivity index (χ1) is 8.67. The third-order valence-corrected chi connectivity index (χ3v) is 2.59. The van der Waals surface area contributed by atoms with Gasteiger partial charge in [-0.25, -0.2) is 4.39 Å². The van der Waals surface area contributed by atoms with E-state index in [-0.39, 0.29) is 0 Å². The van der Waals surface area contributed by atoms with Crippen LogP contribution in [0.15, 0.2) is 42.5 Å². The minimum atomic E-state index is -0.396. The summed E-state index contributed by atoms with van der Waals surface area (Å²) in [7, 11) is 0. The molecule has 0 saturated heterocycles. The summed E-state index contributed by atoms with van der Waals surface area (Å²) in [5.74, 6) is 0.697. The van der Waals surface area contributed by atoms with Crippen LogP contribution < -0.4 is 10.5 Å². The fraction of sp³-hybridized carbons (Fsp3) is 0.200. The van der Waals surface area contributed by atoms with Crippen LogP contribution in [-0.4, -0.2) is 0 Å². The van der Waals surface area contributed by atoms with Crippen molar-refractivity contribution in [3.8, 4) is 11.5 Å². The summed E-state index contributed by atoms with van der Waals surface area (Å²) in [4.78, 5) is 0. The number of anilines is 1. The van der Waals surface area contributed by atoms with Gasteiger partial charge in [-0.05, 0) is 30.2 Å². The molecule has 2 aromatic carbocycles. The molecule has 0 unspecified atom stereocenters. The van der Waals surface area contributed by atoms with Crippen LogP contribution in [0.1, 0.15) is 18.9 Å². The molecule has 0 saturated carbocycles. The van der Waals surface area contributed by atoms with Gasteiger partial charge < -0.3 is 10.5 Å². The number of rotatable bonds is 4. The standard InChI is InChI=1S/C15H16FNO/c1-2-3-11-4-6-14(7-5-11)18-15-9-12(16)8-13(17)10-15/h4-10H,2-3,17H2,1H3. The van der Waals surface area contributed by atoms with Crippen LogP contribution in [0.3, 0.4) is 0 Å². The molecule has 2 rings (SSSR count). The molecule has 0 amide bonds. The molecule has 2 nitrogen and oxygen atoms in total. The molecule has 0 atom stereocenters. The first kappa shape index (κ1) is 12.4. The van der Waals surface area contributed by atoms with Crippen molar-refractivity contribution in [2.75, 3.05) is 5.73 Å². The van der Waals surface area contributed by atoms with E-state index in [1.165, 1.54) is 17.7 Å². The smallest absolute Gasteiger partial charge is 0.132 e. The Kier molecular flexibility index (Phi) is 3.82. The van der Waals surface area contributed by atoms with Crippen molar-refractivity contribution < 1.29 is 9.13 Å². The van der Waals surface area contributed by atoms with Gasteiger partial charge in [0, 0.05) is 17.8 Å². The molecule has 0 aromatic heterocycles. The summed E-state index contributed by atoms with van der Waals surface area (Å²) in [5, 5.41) is 0. The molecule has 18 heavy (non-hydrogen) atoms. The van der Waals surface area contributed by atoms with Gasteiger partial charge in [0.1, 0.15) is 17.3 Å². The summed E-state index contributed by atoms with van der Waals surface area (Å²) in [6.45, 7) is 2.14. The summed E-state index contributed by atoms with van der Waals surface area (Å²) in [6, 6.07) is 12.0. The third-order valence-electron chi connectivity index (χ3n) is 2.59. The van der Waals surface area contributed by atoms with Gasteiger partial charge >= 0.3 is 0 Å². The Morgan fingerprint density at radius 3 is 2.39 bits per heavy atom. The van der Waals surface area contributed by atoms with Gasteiger partial charge in [0.2, 0.25) is 0 Å². The van der Waals surface area contributed by atoms with Gasteiger partial charge in [-0.3, -0.25) is 0 Å². The van der Waals surface area contributed by atoms with Crippen LogP contribution >= 0.6 is 0 Å². The van der Waals surface area contributed by atoms with E-state index in [9.17, 15) is 4.39 Å². The molecular formula is C15H16FNO. The lowest BCUT2D eigenvalue weighted by atomic mass is 10.1. The Balaban J connectivity index is 2.13. The topological polar surface area (TPSA) is 35.2 Å². The number of aryl methyl sites for hydroxylation is 1. The van der Waals surface area contributed by atoms with E-state index < -0.39 is 5.82 Å². The normalized spacial score (nSPS) is 10.3. The van der Waals surface area contributed by atoms with Crippen LogP contribution in [-0.2, 0) is 6.42 Å². The molecule has 0 bridgehead atoms. The second-order valence-corrected chi connectivity index (χ2v) is 4.22. The van der Waals surface area contributed by atoms with Crippen molar-refractivity contribution in [1.29, 1.82) is 0 Å². The molecule has 2 aromatic rings. The fourth-order valence-electron chi connectivity index (χ4n) is 1.79. The van der Waals surface area contributed by atoms with E-state index in [1.807, 2.05) is 24.3 Å². The van der Waals surface area contributed by atoms with Gasteiger partial charge in [-0.1, -0.05) is 25.5 Å². The van der Waals surface area contributed by atoms with Crippen LogP contribution in [0.5, 0.6) is 11.5 Å². The van der Waals surface area contributed by atoms with E-state index in [0.717, 1.165) is 12.8 Å². The zero-order chi connectivity index (χ0) is 13.0. The highest BCUT2D eigenvalue weighted by molar-refractivity contribution is 5.46. The van der Waals surface area contributed by atoms with E-state index in [0.29, 0.717) is 17.2 Å². The predicted molar refractivity (Wildman–Crippen MR) is 71.3 cm³/mol. The highest BCUT2D eigenvalue weighted by Gasteiger charge is 2.01. The SMILES string of the molecule is CCCc1ccc(Oc2cc(N)cc(F)c2)cc1. The first-order valence-electron chi connectivity index (χ1n) is 6.00. The lowest BCUT2D eigenvalue weighted by Gasteiger charge is -2.07. The van der Waals surface area contributed by atoms with Crippen LogP contribution in [0.25, 0.3) is 0 Å².